The monoisotopic (exact) mass is 954 g/mol. The molecule has 0 spiro atoms. The highest BCUT2D eigenvalue weighted by molar-refractivity contribution is 5.97. The minimum Gasteiger partial charge on any atom is -0.481 e. The number of carbonyl (C=O) groups excluding carboxylic acids is 6. The van der Waals surface area contributed by atoms with Crippen LogP contribution in [0.5, 0.6) is 0 Å². The molecule has 0 bridgehead atoms. The molecule has 7 amide bonds. The second kappa shape index (κ2) is 38.2. The Kier molecular flexibility index (Phi) is 33.7. The highest BCUT2D eigenvalue weighted by Crippen LogP contribution is 2.07. The van der Waals surface area contributed by atoms with Gasteiger partial charge >= 0.3 is 23.9 Å². The maximum atomic E-state index is 12.5. The Balaban J connectivity index is 2.00. The lowest BCUT2D eigenvalue weighted by Crippen LogP contribution is -2.51. The summed E-state index contributed by atoms with van der Waals surface area (Å²) in [5, 5.41) is 45.1. The molecule has 0 saturated heterocycles. The summed E-state index contributed by atoms with van der Waals surface area (Å²) in [5.41, 5.74) is 0.821. The summed E-state index contributed by atoms with van der Waals surface area (Å²) in [4.78, 5) is 110. The van der Waals surface area contributed by atoms with Crippen LogP contribution in [0.2, 0.25) is 0 Å². The third kappa shape index (κ3) is 32.4. The van der Waals surface area contributed by atoms with Crippen LogP contribution in [0.25, 0.3) is 0 Å². The number of hydrogen-bond acceptors (Lipinski definition) is 14. The maximum absolute atomic E-state index is 12.5. The van der Waals surface area contributed by atoms with Gasteiger partial charge in [-0.3, -0.25) is 33.6 Å². The zero-order valence-electron chi connectivity index (χ0n) is 38.1. The van der Waals surface area contributed by atoms with Gasteiger partial charge in [-0.25, -0.2) is 20.3 Å². The van der Waals surface area contributed by atoms with E-state index < -0.39 is 54.8 Å². The number of hydrogen-bond donors (Lipinski definition) is 11. The lowest BCUT2D eigenvalue weighted by molar-refractivity contribution is -0.141. The van der Waals surface area contributed by atoms with Crippen molar-refractivity contribution in [3.63, 3.8) is 0 Å². The van der Waals surface area contributed by atoms with Crippen LogP contribution in [0.3, 0.4) is 0 Å². The van der Waals surface area contributed by atoms with Crippen LogP contribution in [0.1, 0.15) is 111 Å². The molecule has 0 aromatic heterocycles. The number of aliphatic carboxylic acids is 3. The van der Waals surface area contributed by atoms with Crippen LogP contribution in [0, 0.1) is 0 Å². The number of ether oxygens (including phenoxy) is 3. The predicted molar refractivity (Wildman–Crippen MR) is 240 cm³/mol. The van der Waals surface area contributed by atoms with Crippen molar-refractivity contribution in [2.45, 2.75) is 102 Å². The molecule has 1 aromatic carbocycles. The van der Waals surface area contributed by atoms with Crippen molar-refractivity contribution < 1.29 is 77.5 Å². The van der Waals surface area contributed by atoms with Gasteiger partial charge in [0, 0.05) is 69.7 Å². The molecule has 0 unspecified atom stereocenters. The van der Waals surface area contributed by atoms with Gasteiger partial charge in [0.25, 0.3) is 11.8 Å². The van der Waals surface area contributed by atoms with Crippen molar-refractivity contribution in [1.29, 1.82) is 0 Å². The average Bonchev–Trinajstić information content (AvgIpc) is 3.29. The number of nitrogens with two attached hydrogens (primary N) is 1. The summed E-state index contributed by atoms with van der Waals surface area (Å²) in [6.45, 7) is 3.89. The number of urea groups is 1. The Morgan fingerprint density at radius 3 is 1.39 bits per heavy atom. The van der Waals surface area contributed by atoms with Crippen molar-refractivity contribution in [2.75, 3.05) is 79.0 Å². The molecular formula is C43H70N8O16. The van der Waals surface area contributed by atoms with Gasteiger partial charge in [0.2, 0.25) is 17.7 Å². The fourth-order valence-electron chi connectivity index (χ4n) is 5.94. The van der Waals surface area contributed by atoms with Crippen molar-refractivity contribution in [3.8, 4) is 0 Å². The number of benzene rings is 1. The van der Waals surface area contributed by atoms with Gasteiger partial charge in [-0.15, -0.1) is 0 Å². The SMILES string of the molecule is NOCC(=O)NCCCCCCOCCNC(=O)c1ccc(C(=O)NCCOCCOCCNC(=O)CCCCCCCNC(=O)CC[C@H](NC(=O)N[C@@H](CCC(=O)O)C(=O)O)C(=O)O)cc1. The number of carboxylic acids is 3. The molecule has 1 aromatic rings. The van der Waals surface area contributed by atoms with Crippen LogP contribution in [0.4, 0.5) is 4.79 Å². The van der Waals surface area contributed by atoms with Crippen LogP contribution >= 0.6 is 0 Å². The summed E-state index contributed by atoms with van der Waals surface area (Å²) in [5.74, 6) is -0.645. The first-order chi connectivity index (χ1) is 32.2. The van der Waals surface area contributed by atoms with E-state index in [0.29, 0.717) is 89.6 Å². The molecule has 0 radical (unpaired) electrons. The molecule has 0 heterocycles. The largest absolute Gasteiger partial charge is 0.481 e. The Morgan fingerprint density at radius 2 is 0.881 bits per heavy atom. The molecule has 24 heteroatoms. The molecule has 1 rings (SSSR count). The minimum atomic E-state index is -1.53. The Bertz CT molecular complexity index is 1650. The van der Waals surface area contributed by atoms with Gasteiger partial charge in [0.15, 0.2) is 0 Å². The second-order valence-electron chi connectivity index (χ2n) is 15.1. The molecule has 0 fully saturated rings. The molecule has 12 N–H and O–H groups in total. The zero-order chi connectivity index (χ0) is 49.5. The Morgan fingerprint density at radius 1 is 0.463 bits per heavy atom. The Hall–Kier alpha value is -5.95. The summed E-state index contributed by atoms with van der Waals surface area (Å²) in [7, 11) is 0. The molecule has 2 atom stereocenters. The van der Waals surface area contributed by atoms with Crippen LogP contribution < -0.4 is 43.1 Å². The van der Waals surface area contributed by atoms with E-state index in [1.54, 1.807) is 24.3 Å². The summed E-state index contributed by atoms with van der Waals surface area (Å²) >= 11 is 0. The van der Waals surface area contributed by atoms with E-state index in [1.165, 1.54) is 0 Å². The van der Waals surface area contributed by atoms with Gasteiger partial charge in [-0.2, -0.15) is 0 Å². The molecular weight excluding hydrogens is 885 g/mol. The van der Waals surface area contributed by atoms with E-state index in [2.05, 4.69) is 36.7 Å². The minimum absolute atomic E-state index is 0.0925. The first-order valence-corrected chi connectivity index (χ1v) is 22.5. The first-order valence-electron chi connectivity index (χ1n) is 22.5. The molecule has 378 valence electrons. The molecule has 0 aliphatic heterocycles. The standard InChI is InChI=1S/C43H70N8O16/c44-67-30-37(54)46-20-8-4-5-9-24-64-26-22-48-39(57)31-11-13-32(14-12-31)40(58)49-23-27-66-29-28-65-25-21-47-35(52)10-6-2-1-3-7-19-45-36(53)17-15-33(41(59)60)50-43(63)51-34(42(61)62)16-18-38(55)56/h11-14,33-34H,1-10,15-30,44H2,(H,45,53)(H,46,54)(H,47,52)(H,48,57)(H,49,58)(H,55,56)(H,59,60)(H,61,62)(H2,50,51,63)/t33-,34-/m0/s1. The number of carbonyl (C=O) groups is 9. The van der Waals surface area contributed by atoms with Gasteiger partial charge in [0.05, 0.1) is 33.0 Å². The number of rotatable bonds is 41. The van der Waals surface area contributed by atoms with Crippen LogP contribution in [-0.4, -0.2) is 160 Å². The molecule has 0 aliphatic rings. The first kappa shape index (κ1) is 59.1. The fourth-order valence-corrected chi connectivity index (χ4v) is 5.94. The highest BCUT2D eigenvalue weighted by Gasteiger charge is 2.25. The topological polar surface area (TPSA) is 361 Å². The summed E-state index contributed by atoms with van der Waals surface area (Å²) < 4.78 is 16.5. The van der Waals surface area contributed by atoms with Crippen LogP contribution in [0.15, 0.2) is 24.3 Å². The number of carboxylic acid groups (broad SMARTS) is 3. The summed E-state index contributed by atoms with van der Waals surface area (Å²) in [6.07, 6.45) is 6.43. The number of unbranched alkanes of at least 4 members (excludes halogenated alkanes) is 7. The molecule has 0 aliphatic carbocycles. The van der Waals surface area contributed by atoms with Gasteiger partial charge < -0.3 is 66.7 Å². The van der Waals surface area contributed by atoms with Crippen LogP contribution in [-0.2, 0) is 47.8 Å². The normalized spacial score (nSPS) is 11.7. The zero-order valence-corrected chi connectivity index (χ0v) is 38.1. The third-order valence-corrected chi connectivity index (χ3v) is 9.58. The van der Waals surface area contributed by atoms with Crippen molar-refractivity contribution in [3.05, 3.63) is 35.4 Å². The van der Waals surface area contributed by atoms with Gasteiger partial charge in [-0.05, 0) is 62.8 Å². The lowest BCUT2D eigenvalue weighted by atomic mass is 10.1. The molecule has 24 nitrogen and oxygen atoms in total. The van der Waals surface area contributed by atoms with Crippen molar-refractivity contribution in [1.82, 2.24) is 37.2 Å². The van der Waals surface area contributed by atoms with E-state index in [-0.39, 0.29) is 56.2 Å². The van der Waals surface area contributed by atoms with E-state index in [9.17, 15) is 48.3 Å². The van der Waals surface area contributed by atoms with Gasteiger partial charge in [0.1, 0.15) is 18.7 Å². The van der Waals surface area contributed by atoms with Crippen molar-refractivity contribution >= 4 is 53.5 Å². The smallest absolute Gasteiger partial charge is 0.326 e. The highest BCUT2D eigenvalue weighted by atomic mass is 16.6. The fraction of sp³-hybridized carbons (Fsp3) is 0.651. The third-order valence-electron chi connectivity index (χ3n) is 9.58. The quantitative estimate of drug-likeness (QED) is 0.0308. The van der Waals surface area contributed by atoms with Gasteiger partial charge in [-0.1, -0.05) is 32.1 Å². The molecule has 0 saturated carbocycles. The van der Waals surface area contributed by atoms with E-state index in [4.69, 9.17) is 30.3 Å². The van der Waals surface area contributed by atoms with E-state index in [0.717, 1.165) is 44.9 Å². The van der Waals surface area contributed by atoms with E-state index in [1.807, 2.05) is 5.32 Å². The number of amides is 7. The number of nitrogens with one attached hydrogen (secondary N) is 7. The second-order valence-corrected chi connectivity index (χ2v) is 15.1. The lowest BCUT2D eigenvalue weighted by Gasteiger charge is -2.18. The maximum Gasteiger partial charge on any atom is 0.326 e. The Labute approximate surface area is 389 Å². The summed E-state index contributed by atoms with van der Waals surface area (Å²) in [6, 6.07) is 2.18. The average molecular weight is 955 g/mol. The predicted octanol–water partition coefficient (Wildman–Crippen LogP) is 0.187. The van der Waals surface area contributed by atoms with E-state index >= 15 is 0 Å². The molecule has 67 heavy (non-hydrogen) atoms. The van der Waals surface area contributed by atoms with Crippen molar-refractivity contribution in [2.24, 2.45) is 5.90 Å².